The van der Waals surface area contributed by atoms with E-state index in [4.69, 9.17) is 62.1 Å². The average Bonchev–Trinajstić information content (AvgIpc) is 3.81. The van der Waals surface area contributed by atoms with Crippen molar-refractivity contribution in [2.24, 2.45) is 5.73 Å². The van der Waals surface area contributed by atoms with Crippen LogP contribution in [0.4, 0.5) is 0 Å². The number of ketones is 1. The number of hydrogen-bond donors (Lipinski definition) is 7. The quantitative estimate of drug-likeness (QED) is 0.0356. The third-order valence-corrected chi connectivity index (χ3v) is 11.5. The smallest absolute Gasteiger partial charge is 0.264 e. The zero-order chi connectivity index (χ0) is 46.7. The highest BCUT2D eigenvalue weighted by Crippen LogP contribution is 2.35. The van der Waals surface area contributed by atoms with Gasteiger partial charge in [0, 0.05) is 12.1 Å². The number of carbonyl (C=O) groups is 3. The zero-order valence-corrected chi connectivity index (χ0v) is 36.8. The molecule has 0 aromatic rings. The van der Waals surface area contributed by atoms with Gasteiger partial charge in [0.15, 0.2) is 24.6 Å². The molecule has 2 amide bonds. The molecule has 5 fully saturated rings. The van der Waals surface area contributed by atoms with Gasteiger partial charge in [-0.1, -0.05) is 84.5 Å². The molecule has 0 aliphatic carbocycles. The molecule has 352 valence electrons. The molecule has 64 heavy (non-hydrogen) atoms. The number of likely N-dealkylation sites (tertiary alicyclic amines) is 1. The molecule has 0 saturated carbocycles. The van der Waals surface area contributed by atoms with Crippen molar-refractivity contribution >= 4 is 40.8 Å². The van der Waals surface area contributed by atoms with Gasteiger partial charge in [-0.15, -0.1) is 11.6 Å². The van der Waals surface area contributed by atoms with Crippen LogP contribution in [0.15, 0.2) is 108 Å². The largest absolute Gasteiger partial charge is 0.507 e. The Morgan fingerprint density at radius 1 is 0.812 bits per heavy atom. The van der Waals surface area contributed by atoms with Crippen molar-refractivity contribution in [2.75, 3.05) is 20.3 Å². The monoisotopic (exact) mass is 938 g/mol. The third kappa shape index (κ3) is 12.9. The first-order chi connectivity index (χ1) is 30.5. The van der Waals surface area contributed by atoms with Crippen LogP contribution in [0.2, 0.25) is 0 Å². The summed E-state index contributed by atoms with van der Waals surface area (Å²) in [6.07, 6.45) is 8.07. The SMILES string of the molecule is CO[C@@H]1[C@H](O[C@@H]2CO[C@@H](O[C@@H]3[C@@H](O)[C@H](O)CO[C@H]3N3C(=O)/C(=C(O)/C=C/C=C/C=C/C=C/C=C(Cl)/C=C/C=C\C=C\[C@@H]4O[C@H](C)C[C@@H]4Cl)C(=O)[C@@H]3CC(N)=O)[C@@H](O)[C@@H]2O)O[C@H](C)[C@H]1O. The number of Topliss-reactive ketones (excluding diaryl/α,β-unsaturated/α-hetero) is 1. The van der Waals surface area contributed by atoms with Gasteiger partial charge < -0.3 is 69.5 Å². The summed E-state index contributed by atoms with van der Waals surface area (Å²) < 4.78 is 39.5. The van der Waals surface area contributed by atoms with Gasteiger partial charge in [0.2, 0.25) is 5.91 Å². The number of amides is 2. The predicted molar refractivity (Wildman–Crippen MR) is 230 cm³/mol. The molecule has 5 saturated heterocycles. The van der Waals surface area contributed by atoms with Gasteiger partial charge in [-0.05, 0) is 38.5 Å². The molecule has 5 heterocycles. The van der Waals surface area contributed by atoms with Crippen molar-refractivity contribution in [1.82, 2.24) is 4.90 Å². The molecule has 20 heteroatoms. The summed E-state index contributed by atoms with van der Waals surface area (Å²) in [6, 6.07) is -1.63. The molecule has 8 N–H and O–H groups in total. The first-order valence-corrected chi connectivity index (χ1v) is 21.4. The van der Waals surface area contributed by atoms with Crippen LogP contribution in [0.25, 0.3) is 0 Å². The number of ether oxygens (including phenoxy) is 7. The van der Waals surface area contributed by atoms with Gasteiger partial charge in [-0.25, -0.2) is 0 Å². The standard InChI is InChI=1S/C44H56Cl2N2O16/c1-23-19-26(46)30(61-23)18-14-10-9-12-16-25(45)15-11-7-5-4-6-8-13-17-28(49)33-35(53)27(20-32(47)51)48(41(33)57)42-39(36(54)29(50)21-59-42)64-43-38(56)37(55)31(22-60-43)63-44-40(58-3)34(52)24(2)62-44/h4-18,23-24,26-27,29-31,34,36-40,42-44,49-50,52,54-56H,19-22H2,1-3H3,(H2,47,51)/b5-4+,8-6+,10-9-,11-7+,16-12+,17-13+,18-14+,25-15-,33-28-/t23-,24-,26+,27+,29-,30+,31-,34-,36+,37-,38+,39-,40+,42-,43+,44+/m1/s1. The van der Waals surface area contributed by atoms with Crippen molar-refractivity contribution in [3.63, 3.8) is 0 Å². The van der Waals surface area contributed by atoms with Crippen LogP contribution in [0.1, 0.15) is 26.7 Å². The average molecular weight is 940 g/mol. The normalized spacial score (nSPS) is 39.0. The molecular formula is C44H56Cl2N2O16. The lowest BCUT2D eigenvalue weighted by atomic mass is 10.0. The lowest BCUT2D eigenvalue weighted by molar-refractivity contribution is -0.338. The second-order valence-electron chi connectivity index (χ2n) is 15.5. The highest BCUT2D eigenvalue weighted by Gasteiger charge is 2.56. The Hall–Kier alpha value is -3.83. The Balaban J connectivity index is 1.20. The molecule has 0 unspecified atom stereocenters. The molecule has 5 aliphatic heterocycles. The first-order valence-electron chi connectivity index (χ1n) is 20.6. The lowest BCUT2D eigenvalue weighted by Crippen LogP contribution is -2.65. The van der Waals surface area contributed by atoms with Crippen molar-refractivity contribution in [2.45, 2.75) is 124 Å². The van der Waals surface area contributed by atoms with E-state index in [0.29, 0.717) is 5.03 Å². The van der Waals surface area contributed by atoms with E-state index in [1.54, 1.807) is 55.5 Å². The Kier molecular flexibility index (Phi) is 19.3. The van der Waals surface area contributed by atoms with Crippen molar-refractivity contribution in [1.29, 1.82) is 0 Å². The summed E-state index contributed by atoms with van der Waals surface area (Å²) in [5, 5.41) is 65.3. The number of aliphatic hydroxyl groups excluding tert-OH is 6. The van der Waals surface area contributed by atoms with Crippen molar-refractivity contribution < 1.29 is 78.2 Å². The lowest BCUT2D eigenvalue weighted by Gasteiger charge is -2.46. The van der Waals surface area contributed by atoms with Crippen LogP contribution in [-0.4, -0.2) is 171 Å². The number of methoxy groups -OCH3 is 1. The van der Waals surface area contributed by atoms with Gasteiger partial charge in [-0.3, -0.25) is 19.3 Å². The van der Waals surface area contributed by atoms with Gasteiger partial charge in [-0.2, -0.15) is 0 Å². The van der Waals surface area contributed by atoms with E-state index in [0.717, 1.165) is 17.4 Å². The maximum atomic E-state index is 13.9. The molecule has 0 aromatic heterocycles. The minimum Gasteiger partial charge on any atom is -0.507 e. The fourth-order valence-electron chi connectivity index (χ4n) is 7.47. The number of carbonyl (C=O) groups excluding carboxylic acids is 3. The molecular weight excluding hydrogens is 883 g/mol. The van der Waals surface area contributed by atoms with E-state index in [1.807, 2.05) is 31.2 Å². The molecule has 0 aromatic carbocycles. The van der Waals surface area contributed by atoms with E-state index in [9.17, 15) is 45.0 Å². The maximum absolute atomic E-state index is 13.9. The highest BCUT2D eigenvalue weighted by molar-refractivity contribution is 6.31. The first kappa shape index (κ1) is 51.2. The minimum atomic E-state index is -1.86. The van der Waals surface area contributed by atoms with Crippen molar-refractivity contribution in [3.8, 4) is 0 Å². The van der Waals surface area contributed by atoms with E-state index < -0.39 is 128 Å². The van der Waals surface area contributed by atoms with Crippen LogP contribution in [0.3, 0.4) is 0 Å². The number of nitrogens with zero attached hydrogens (tertiary/aromatic N) is 1. The third-order valence-electron chi connectivity index (χ3n) is 10.8. The zero-order valence-electron chi connectivity index (χ0n) is 35.3. The summed E-state index contributed by atoms with van der Waals surface area (Å²) in [5.41, 5.74) is 4.73. The van der Waals surface area contributed by atoms with Crippen LogP contribution in [0.5, 0.6) is 0 Å². The van der Waals surface area contributed by atoms with E-state index in [1.165, 1.54) is 19.3 Å². The fourth-order valence-corrected chi connectivity index (χ4v) is 8.01. The van der Waals surface area contributed by atoms with E-state index in [2.05, 4.69) is 0 Å². The van der Waals surface area contributed by atoms with Crippen LogP contribution >= 0.6 is 23.2 Å². The highest BCUT2D eigenvalue weighted by atomic mass is 35.5. The number of nitrogens with two attached hydrogens (primary N) is 1. The number of primary amides is 1. The van der Waals surface area contributed by atoms with Gasteiger partial charge in [0.1, 0.15) is 66.2 Å². The molecule has 0 radical (unpaired) electrons. The summed E-state index contributed by atoms with van der Waals surface area (Å²) in [4.78, 5) is 40.5. The van der Waals surface area contributed by atoms with Crippen LogP contribution in [-0.2, 0) is 47.5 Å². The Labute approximate surface area is 380 Å². The van der Waals surface area contributed by atoms with E-state index >= 15 is 0 Å². The van der Waals surface area contributed by atoms with Gasteiger partial charge >= 0.3 is 0 Å². The Morgan fingerprint density at radius 3 is 2.12 bits per heavy atom. The fraction of sp³-hybridized carbons (Fsp3) is 0.523. The molecule has 0 spiro atoms. The van der Waals surface area contributed by atoms with Gasteiger partial charge in [0.05, 0.1) is 43.3 Å². The molecule has 5 aliphatic rings. The molecule has 5 rings (SSSR count). The Bertz CT molecular complexity index is 1920. The summed E-state index contributed by atoms with van der Waals surface area (Å²) in [7, 11) is 1.34. The predicted octanol–water partition coefficient (Wildman–Crippen LogP) is 1.30. The topological polar surface area (TPSA) is 266 Å². The molecule has 16 atom stereocenters. The maximum Gasteiger partial charge on any atom is 0.264 e. The number of rotatable bonds is 17. The van der Waals surface area contributed by atoms with Crippen LogP contribution in [0, 0.1) is 0 Å². The number of aliphatic hydroxyl groups is 6. The number of hydrogen-bond acceptors (Lipinski definition) is 16. The summed E-state index contributed by atoms with van der Waals surface area (Å²) in [6.45, 7) is 2.62. The second-order valence-corrected chi connectivity index (χ2v) is 16.5. The van der Waals surface area contributed by atoms with Crippen molar-refractivity contribution in [3.05, 3.63) is 108 Å². The number of alkyl halides is 1. The summed E-state index contributed by atoms with van der Waals surface area (Å²) >= 11 is 12.5. The van der Waals surface area contributed by atoms with Gasteiger partial charge in [0.25, 0.3) is 5.91 Å². The molecule has 18 nitrogen and oxygen atoms in total. The van der Waals surface area contributed by atoms with Crippen LogP contribution < -0.4 is 5.73 Å². The number of allylic oxidation sites excluding steroid dienone is 15. The Morgan fingerprint density at radius 2 is 1.47 bits per heavy atom. The molecule has 0 bridgehead atoms. The second kappa shape index (κ2) is 24.1. The minimum absolute atomic E-state index is 0.0373. The number of halogens is 2. The summed E-state index contributed by atoms with van der Waals surface area (Å²) in [5.74, 6) is -3.84. The van der Waals surface area contributed by atoms with E-state index in [-0.39, 0.29) is 17.6 Å².